The fraction of sp³-hybridized carbons (Fsp3) is 1.00. The van der Waals surface area contributed by atoms with E-state index >= 15 is 0 Å². The fourth-order valence-electron chi connectivity index (χ4n) is 0.149. The molecular formula is C2H7KO3S2. The zero-order valence-electron chi connectivity index (χ0n) is 5.79. The van der Waals surface area contributed by atoms with E-state index in [4.69, 9.17) is 4.55 Å². The van der Waals surface area contributed by atoms with Gasteiger partial charge < -0.3 is 1.43 Å². The summed E-state index contributed by atoms with van der Waals surface area (Å²) in [6.45, 7) is 1.65. The van der Waals surface area contributed by atoms with Crippen LogP contribution in [0.5, 0.6) is 0 Å². The van der Waals surface area contributed by atoms with Gasteiger partial charge in [0, 0.05) is 5.75 Å². The molecule has 0 aliphatic carbocycles. The third-order valence-electron chi connectivity index (χ3n) is 0.267. The van der Waals surface area contributed by atoms with Gasteiger partial charge >= 0.3 is 60.5 Å². The summed E-state index contributed by atoms with van der Waals surface area (Å²) >= 11 is 0. The average Bonchev–Trinajstić information content (AvgIpc) is 1.30. The molecule has 0 amide bonds. The minimum atomic E-state index is -3.76. The van der Waals surface area contributed by atoms with E-state index in [0.717, 1.165) is 0 Å². The molecular weight excluding hydrogens is 175 g/mol. The second-order valence-electron chi connectivity index (χ2n) is 0.834. The van der Waals surface area contributed by atoms with Crippen LogP contribution >= 0.6 is 10.8 Å². The van der Waals surface area contributed by atoms with Gasteiger partial charge in [0.15, 0.2) is 0 Å². The van der Waals surface area contributed by atoms with E-state index in [1.165, 1.54) is 0 Å². The zero-order valence-corrected chi connectivity index (χ0v) is 9.54. The van der Waals surface area contributed by atoms with Crippen molar-refractivity contribution < 1.29 is 65.8 Å². The van der Waals surface area contributed by atoms with Crippen LogP contribution in [0.2, 0.25) is 0 Å². The summed E-state index contributed by atoms with van der Waals surface area (Å²) in [4.78, 5) is 0. The van der Waals surface area contributed by atoms with Gasteiger partial charge in [-0.25, -0.2) is 0 Å². The van der Waals surface area contributed by atoms with Crippen molar-refractivity contribution in [2.24, 2.45) is 0 Å². The fourth-order valence-corrected chi connectivity index (χ4v) is 1.34. The third kappa shape index (κ3) is 10.8. The Hall–Kier alpha value is 1.90. The summed E-state index contributed by atoms with van der Waals surface area (Å²) in [5.41, 5.74) is 0. The van der Waals surface area contributed by atoms with E-state index in [-0.39, 0.29) is 52.8 Å². The molecule has 0 spiro atoms. The van der Waals surface area contributed by atoms with E-state index in [1.807, 2.05) is 0 Å². The maximum Gasteiger partial charge on any atom is 1.00 e. The molecule has 0 aliphatic heterocycles. The Bertz CT molecular complexity index is 133. The first kappa shape index (κ1) is 12.6. The number of hydrogen-bond acceptors (Lipinski definition) is 3. The maximum absolute atomic E-state index is 9.75. The summed E-state index contributed by atoms with van der Waals surface area (Å²) in [6, 6.07) is 0. The van der Waals surface area contributed by atoms with E-state index in [0.29, 0.717) is 16.5 Å². The summed E-state index contributed by atoms with van der Waals surface area (Å²) in [5.74, 6) is 0.388. The van der Waals surface area contributed by atoms with Gasteiger partial charge in [0.1, 0.15) is 0 Å². The molecule has 0 unspecified atom stereocenters. The Labute approximate surface area is 96.7 Å². The molecule has 0 aromatic carbocycles. The van der Waals surface area contributed by atoms with E-state index in [1.54, 1.807) is 6.92 Å². The minimum absolute atomic E-state index is 0. The van der Waals surface area contributed by atoms with E-state index < -0.39 is 9.15 Å². The first-order valence-electron chi connectivity index (χ1n) is 1.68. The third-order valence-corrected chi connectivity index (χ3v) is 2.40. The van der Waals surface area contributed by atoms with Gasteiger partial charge in [0.25, 0.3) is 0 Å². The van der Waals surface area contributed by atoms with Crippen LogP contribution in [0.25, 0.3) is 0 Å². The maximum atomic E-state index is 9.75. The van der Waals surface area contributed by atoms with Crippen LogP contribution in [-0.4, -0.2) is 18.7 Å². The number of rotatable bonds is 2. The molecule has 0 rings (SSSR count). The summed E-state index contributed by atoms with van der Waals surface area (Å²) in [6.07, 6.45) is 0. The molecule has 8 heavy (non-hydrogen) atoms. The molecule has 0 aromatic rings. The molecule has 46 valence electrons. The van der Waals surface area contributed by atoms with Crippen LogP contribution in [0.4, 0.5) is 0 Å². The van der Waals surface area contributed by atoms with Crippen molar-refractivity contribution in [3.63, 3.8) is 0 Å². The van der Waals surface area contributed by atoms with Crippen molar-refractivity contribution in [2.75, 3.05) is 5.75 Å². The minimum Gasteiger partial charge on any atom is -1.00 e. The predicted octanol–water partition coefficient (Wildman–Crippen LogP) is -2.34. The molecule has 0 saturated carbocycles. The van der Waals surface area contributed by atoms with Gasteiger partial charge in [0.05, 0.1) is 0 Å². The van der Waals surface area contributed by atoms with E-state index in [2.05, 4.69) is 0 Å². The molecule has 0 heterocycles. The van der Waals surface area contributed by atoms with Gasteiger partial charge in [-0.2, -0.15) is 8.42 Å². The van der Waals surface area contributed by atoms with Crippen LogP contribution in [0.3, 0.4) is 0 Å². The number of hydrogen-bond donors (Lipinski definition) is 1. The Morgan fingerprint density at radius 3 is 2.12 bits per heavy atom. The smallest absolute Gasteiger partial charge is 1.00 e. The molecule has 0 saturated heterocycles. The monoisotopic (exact) mass is 182 g/mol. The average molecular weight is 182 g/mol. The Morgan fingerprint density at radius 1 is 1.75 bits per heavy atom. The summed E-state index contributed by atoms with van der Waals surface area (Å²) < 4.78 is 27.5. The molecule has 0 aromatic heterocycles. The molecule has 0 fully saturated rings. The quantitative estimate of drug-likeness (QED) is 0.295. The van der Waals surface area contributed by atoms with Gasteiger partial charge in [-0.1, -0.05) is 6.92 Å². The molecule has 1 N–H and O–H groups in total. The van der Waals surface area contributed by atoms with Gasteiger partial charge in [-0.3, -0.25) is 4.55 Å². The Kier molecular flexibility index (Phi) is 8.89. The van der Waals surface area contributed by atoms with Crippen LogP contribution in [-0.2, 0) is 9.15 Å². The SMILES string of the molecule is CCSS(=O)(=O)O.[H-].[K+]. The standard InChI is InChI=1S/C2H6O3S2.K.H/c1-2-6-7(3,4)5;;/h2H2,1H3,(H,3,4,5);;/q;+1;-1. The summed E-state index contributed by atoms with van der Waals surface area (Å²) in [7, 11) is -3.24. The van der Waals surface area contributed by atoms with Gasteiger partial charge in [-0.05, 0) is 10.8 Å². The van der Waals surface area contributed by atoms with Gasteiger partial charge in [-0.15, -0.1) is 0 Å². The molecule has 3 nitrogen and oxygen atoms in total. The van der Waals surface area contributed by atoms with Crippen molar-refractivity contribution >= 4 is 19.9 Å². The van der Waals surface area contributed by atoms with Crippen LogP contribution in [0, 0.1) is 0 Å². The van der Waals surface area contributed by atoms with Crippen LogP contribution < -0.4 is 51.4 Å². The van der Waals surface area contributed by atoms with Crippen molar-refractivity contribution in [2.45, 2.75) is 6.92 Å². The van der Waals surface area contributed by atoms with Crippen molar-refractivity contribution in [1.82, 2.24) is 0 Å². The zero-order chi connectivity index (χ0) is 5.91. The molecule has 0 aliphatic rings. The topological polar surface area (TPSA) is 54.4 Å². The molecule has 6 heteroatoms. The molecule has 0 atom stereocenters. The first-order valence-corrected chi connectivity index (χ1v) is 4.62. The van der Waals surface area contributed by atoms with E-state index in [9.17, 15) is 8.42 Å². The second kappa shape index (κ2) is 5.66. The van der Waals surface area contributed by atoms with Crippen molar-refractivity contribution in [3.05, 3.63) is 0 Å². The molecule has 0 radical (unpaired) electrons. The summed E-state index contributed by atoms with van der Waals surface area (Å²) in [5, 5.41) is 0. The Balaban J connectivity index is -0.000000180. The second-order valence-corrected chi connectivity index (χ2v) is 4.47. The van der Waals surface area contributed by atoms with Crippen LogP contribution in [0.1, 0.15) is 8.35 Å². The van der Waals surface area contributed by atoms with Crippen molar-refractivity contribution in [3.8, 4) is 0 Å². The van der Waals surface area contributed by atoms with Crippen molar-refractivity contribution in [1.29, 1.82) is 0 Å². The van der Waals surface area contributed by atoms with Gasteiger partial charge in [0.2, 0.25) is 0 Å². The predicted molar refractivity (Wildman–Crippen MR) is 30.8 cm³/mol. The first-order chi connectivity index (χ1) is 3.06. The molecule has 0 bridgehead atoms. The Morgan fingerprint density at radius 2 is 2.12 bits per heavy atom. The normalized spacial score (nSPS) is 10.2. The van der Waals surface area contributed by atoms with Crippen LogP contribution in [0.15, 0.2) is 0 Å². The largest absolute Gasteiger partial charge is 1.00 e.